The zero-order valence-corrected chi connectivity index (χ0v) is 22.7. The van der Waals surface area contributed by atoms with Gasteiger partial charge in [-0.05, 0) is 47.9 Å². The van der Waals surface area contributed by atoms with Gasteiger partial charge in [0.05, 0.1) is 0 Å². The molecule has 0 spiro atoms. The molecule has 0 bridgehead atoms. The van der Waals surface area contributed by atoms with Gasteiger partial charge >= 0.3 is 0 Å². The van der Waals surface area contributed by atoms with Crippen molar-refractivity contribution in [1.29, 1.82) is 0 Å². The first kappa shape index (κ1) is 31.4. The third-order valence-corrected chi connectivity index (χ3v) is 6.54. The van der Waals surface area contributed by atoms with Crippen molar-refractivity contribution in [3.05, 3.63) is 71.5 Å². The third kappa shape index (κ3) is 16.6. The van der Waals surface area contributed by atoms with E-state index >= 15 is 0 Å². The van der Waals surface area contributed by atoms with E-state index in [9.17, 15) is 4.39 Å². The van der Waals surface area contributed by atoms with Crippen LogP contribution < -0.4 is 0 Å². The molecule has 0 aliphatic heterocycles. The summed E-state index contributed by atoms with van der Waals surface area (Å²) in [6.07, 6.45) is 16.9. The van der Waals surface area contributed by atoms with Crippen molar-refractivity contribution >= 4 is 0 Å². The van der Waals surface area contributed by atoms with Crippen LogP contribution >= 0.6 is 0 Å². The second-order valence-corrected chi connectivity index (χ2v) is 9.04. The molecule has 2 atom stereocenters. The minimum atomic E-state index is -0.160. The smallest absolute Gasteiger partial charge is 0.123 e. The minimum absolute atomic E-state index is 0.160. The van der Waals surface area contributed by atoms with Crippen LogP contribution in [0.3, 0.4) is 0 Å². The lowest BCUT2D eigenvalue weighted by Gasteiger charge is -2.21. The molecule has 0 radical (unpaired) electrons. The Bertz CT molecular complexity index is 631. The van der Waals surface area contributed by atoms with Crippen molar-refractivity contribution in [2.45, 2.75) is 119 Å². The molecule has 0 N–H and O–H groups in total. The number of aryl methyl sites for hydroxylation is 2. The molecule has 0 amide bonds. The molecule has 1 aliphatic carbocycles. The molecule has 188 valence electrons. The summed E-state index contributed by atoms with van der Waals surface area (Å²) in [7, 11) is 0. The van der Waals surface area contributed by atoms with E-state index in [1.54, 1.807) is 12.1 Å². The number of unbranched alkanes of at least 4 members (excludes halogenated alkanes) is 3. The number of halogens is 1. The van der Waals surface area contributed by atoms with Crippen molar-refractivity contribution < 1.29 is 4.39 Å². The van der Waals surface area contributed by atoms with Gasteiger partial charge in [-0.15, -0.1) is 0 Å². The molecule has 0 nitrogen and oxygen atoms in total. The van der Waals surface area contributed by atoms with E-state index in [0.29, 0.717) is 0 Å². The Morgan fingerprint density at radius 3 is 1.82 bits per heavy atom. The van der Waals surface area contributed by atoms with Gasteiger partial charge in [-0.3, -0.25) is 0 Å². The lowest BCUT2D eigenvalue weighted by atomic mass is 9.85. The second kappa shape index (κ2) is 22.2. The van der Waals surface area contributed by atoms with Gasteiger partial charge in [-0.1, -0.05) is 148 Å². The average Bonchev–Trinajstić information content (AvgIpc) is 3.08. The van der Waals surface area contributed by atoms with Crippen molar-refractivity contribution in [3.63, 3.8) is 0 Å². The first-order valence-electron chi connectivity index (χ1n) is 13.9. The highest BCUT2D eigenvalue weighted by Gasteiger charge is 2.18. The summed E-state index contributed by atoms with van der Waals surface area (Å²) in [6.45, 7) is 13.0. The van der Waals surface area contributed by atoms with Gasteiger partial charge in [0, 0.05) is 0 Å². The summed E-state index contributed by atoms with van der Waals surface area (Å²) >= 11 is 0. The van der Waals surface area contributed by atoms with Crippen LogP contribution in [0.25, 0.3) is 0 Å². The predicted octanol–water partition coefficient (Wildman–Crippen LogP) is 10.8. The van der Waals surface area contributed by atoms with Crippen molar-refractivity contribution in [2.75, 3.05) is 0 Å². The average molecular weight is 457 g/mol. The van der Waals surface area contributed by atoms with Crippen LogP contribution in [0.5, 0.6) is 0 Å². The van der Waals surface area contributed by atoms with Gasteiger partial charge in [0.15, 0.2) is 0 Å². The highest BCUT2D eigenvalue weighted by atomic mass is 19.1. The molecule has 0 saturated heterocycles. The molecule has 1 saturated carbocycles. The third-order valence-electron chi connectivity index (χ3n) is 6.54. The van der Waals surface area contributed by atoms with E-state index < -0.39 is 0 Å². The normalized spacial score (nSPS) is 17.2. The fraction of sp³-hybridized carbons (Fsp3) is 0.625. The van der Waals surface area contributed by atoms with Gasteiger partial charge in [-0.2, -0.15) is 0 Å². The summed E-state index contributed by atoms with van der Waals surface area (Å²) in [5.41, 5.74) is 2.59. The molecule has 2 aromatic carbocycles. The lowest BCUT2D eigenvalue weighted by Crippen LogP contribution is -2.09. The van der Waals surface area contributed by atoms with Crippen LogP contribution in [-0.4, -0.2) is 0 Å². The predicted molar refractivity (Wildman–Crippen MR) is 147 cm³/mol. The summed E-state index contributed by atoms with van der Waals surface area (Å²) in [5, 5.41) is 0. The first-order chi connectivity index (χ1) is 16.1. The van der Waals surface area contributed by atoms with Crippen molar-refractivity contribution in [2.24, 2.45) is 11.8 Å². The number of rotatable bonds is 7. The molecule has 2 unspecified atom stereocenters. The standard InChI is InChI=1S/C14H28.C8H9F.C8H10.C2H6/c1-3-4-5-8-11-14-12-9-6-7-10-13(14)2;1-2-7-3-5-8(9)6-4-7;1-2-8-6-4-3-5-7-8;1-2/h13-14H,3-12H2,1-2H3;3-6H,2H2,1H3;3-7H,2H2,1H3;1-2H3. The molecular weight excluding hydrogens is 403 g/mol. The molecule has 1 aliphatic rings. The maximum atomic E-state index is 12.2. The highest BCUT2D eigenvalue weighted by Crippen LogP contribution is 2.32. The maximum absolute atomic E-state index is 12.2. The zero-order chi connectivity index (χ0) is 24.7. The molecular formula is C32H53F. The Hall–Kier alpha value is -1.63. The summed E-state index contributed by atoms with van der Waals surface area (Å²) < 4.78 is 12.2. The quantitative estimate of drug-likeness (QED) is 0.287. The summed E-state index contributed by atoms with van der Waals surface area (Å²) in [4.78, 5) is 0. The zero-order valence-electron chi connectivity index (χ0n) is 22.7. The summed E-state index contributed by atoms with van der Waals surface area (Å²) in [5.74, 6) is 1.92. The van der Waals surface area contributed by atoms with Crippen LogP contribution in [0.4, 0.5) is 4.39 Å². The van der Waals surface area contributed by atoms with Crippen LogP contribution in [-0.2, 0) is 12.8 Å². The monoisotopic (exact) mass is 456 g/mol. The highest BCUT2D eigenvalue weighted by molar-refractivity contribution is 5.15. The van der Waals surface area contributed by atoms with E-state index in [-0.39, 0.29) is 5.82 Å². The van der Waals surface area contributed by atoms with Crippen LogP contribution in [0.15, 0.2) is 54.6 Å². The van der Waals surface area contributed by atoms with Gasteiger partial charge in [-0.25, -0.2) is 4.39 Å². The Kier molecular flexibility index (Phi) is 21.1. The Morgan fingerprint density at radius 2 is 1.27 bits per heavy atom. The molecule has 3 rings (SSSR count). The molecule has 1 heteroatoms. The molecule has 2 aromatic rings. The lowest BCUT2D eigenvalue weighted by molar-refractivity contribution is 0.307. The molecule has 0 heterocycles. The molecule has 1 fully saturated rings. The van der Waals surface area contributed by atoms with Gasteiger partial charge in [0.25, 0.3) is 0 Å². The SMILES string of the molecule is CC.CCCCCCC1CCCCCC1C.CCc1ccc(F)cc1.CCc1ccccc1. The number of hydrogen-bond donors (Lipinski definition) is 0. The van der Waals surface area contributed by atoms with E-state index in [0.717, 1.165) is 24.7 Å². The first-order valence-corrected chi connectivity index (χ1v) is 13.9. The summed E-state index contributed by atoms with van der Waals surface area (Å²) in [6, 6.07) is 17.0. The fourth-order valence-electron chi connectivity index (χ4n) is 4.27. The Balaban J connectivity index is 0.000000469. The topological polar surface area (TPSA) is 0 Å². The maximum Gasteiger partial charge on any atom is 0.123 e. The van der Waals surface area contributed by atoms with Gasteiger partial charge in [0.2, 0.25) is 0 Å². The van der Waals surface area contributed by atoms with E-state index in [4.69, 9.17) is 0 Å². The Labute approximate surface area is 206 Å². The van der Waals surface area contributed by atoms with Gasteiger partial charge in [0.1, 0.15) is 5.82 Å². The molecule has 0 aromatic heterocycles. The van der Waals surface area contributed by atoms with Crippen LogP contribution in [0, 0.1) is 17.7 Å². The second-order valence-electron chi connectivity index (χ2n) is 9.04. The largest absolute Gasteiger partial charge is 0.207 e. The van der Waals surface area contributed by atoms with E-state index in [1.807, 2.05) is 26.8 Å². The Morgan fingerprint density at radius 1 is 0.697 bits per heavy atom. The van der Waals surface area contributed by atoms with Crippen molar-refractivity contribution in [1.82, 2.24) is 0 Å². The molecule has 33 heavy (non-hydrogen) atoms. The number of benzene rings is 2. The van der Waals surface area contributed by atoms with Crippen molar-refractivity contribution in [3.8, 4) is 0 Å². The van der Waals surface area contributed by atoms with E-state index in [1.165, 1.54) is 87.5 Å². The number of hydrogen-bond acceptors (Lipinski definition) is 0. The van der Waals surface area contributed by atoms with Crippen LogP contribution in [0.2, 0.25) is 0 Å². The van der Waals surface area contributed by atoms with Gasteiger partial charge < -0.3 is 0 Å². The minimum Gasteiger partial charge on any atom is -0.207 e. The van der Waals surface area contributed by atoms with E-state index in [2.05, 4.69) is 45.0 Å². The van der Waals surface area contributed by atoms with Crippen LogP contribution in [0.1, 0.15) is 117 Å². The fourth-order valence-corrected chi connectivity index (χ4v) is 4.27.